The topological polar surface area (TPSA) is 63.3 Å². The highest BCUT2D eigenvalue weighted by molar-refractivity contribution is 5.95. The van der Waals surface area contributed by atoms with Crippen LogP contribution in [-0.4, -0.2) is 17.6 Å². The van der Waals surface area contributed by atoms with E-state index < -0.39 is 17.6 Å². The van der Waals surface area contributed by atoms with Crippen molar-refractivity contribution in [3.8, 4) is 0 Å². The molecule has 0 saturated carbocycles. The first-order valence-corrected chi connectivity index (χ1v) is 4.81. The summed E-state index contributed by atoms with van der Waals surface area (Å²) in [5.74, 6) is -0.930. The van der Waals surface area contributed by atoms with Crippen LogP contribution < -0.4 is 5.73 Å². The zero-order valence-corrected chi connectivity index (χ0v) is 8.79. The number of carbonyl (C=O) groups excluding carboxylic acids is 1. The van der Waals surface area contributed by atoms with E-state index in [1.165, 1.54) is 12.5 Å². The van der Waals surface area contributed by atoms with Gasteiger partial charge in [0.1, 0.15) is 0 Å². The van der Waals surface area contributed by atoms with Crippen molar-refractivity contribution in [3.05, 3.63) is 41.3 Å². The molecule has 0 aliphatic carbocycles. The molecule has 3 N–H and O–H groups in total. The third kappa shape index (κ3) is 3.45. The Kier molecular flexibility index (Phi) is 4.11. The van der Waals surface area contributed by atoms with Crippen LogP contribution in [0.4, 0.5) is 13.2 Å². The van der Waals surface area contributed by atoms with Gasteiger partial charge < -0.3 is 10.8 Å². The Morgan fingerprint density at radius 1 is 1.41 bits per heavy atom. The van der Waals surface area contributed by atoms with Crippen LogP contribution in [0.5, 0.6) is 0 Å². The van der Waals surface area contributed by atoms with E-state index in [9.17, 15) is 18.0 Å². The maximum atomic E-state index is 12.4. The van der Waals surface area contributed by atoms with Gasteiger partial charge in [0.15, 0.2) is 0 Å². The fourth-order valence-electron chi connectivity index (χ4n) is 1.34. The third-order valence-electron chi connectivity index (χ3n) is 2.14. The Bertz CT molecular complexity index is 416. The molecule has 0 atom stereocenters. The van der Waals surface area contributed by atoms with Crippen molar-refractivity contribution in [2.45, 2.75) is 12.6 Å². The number of aliphatic hydroxyl groups excluding tert-OH is 1. The third-order valence-corrected chi connectivity index (χ3v) is 2.14. The van der Waals surface area contributed by atoms with Crippen LogP contribution in [0.25, 0.3) is 0 Å². The molecule has 1 aromatic rings. The van der Waals surface area contributed by atoms with E-state index in [1.807, 2.05) is 0 Å². The number of carbonyl (C=O) groups is 1. The van der Waals surface area contributed by atoms with Gasteiger partial charge in [-0.05, 0) is 30.5 Å². The van der Waals surface area contributed by atoms with E-state index in [1.54, 1.807) is 0 Å². The average molecular weight is 246 g/mol. The van der Waals surface area contributed by atoms with Crippen LogP contribution in [0.3, 0.4) is 0 Å². The lowest BCUT2D eigenvalue weighted by atomic mass is 9.99. The van der Waals surface area contributed by atoms with Gasteiger partial charge in [0, 0.05) is 12.2 Å². The maximum Gasteiger partial charge on any atom is 0.416 e. The van der Waals surface area contributed by atoms with Crippen molar-refractivity contribution in [3.63, 3.8) is 0 Å². The summed E-state index contributed by atoms with van der Waals surface area (Å²) >= 11 is 0. The van der Waals surface area contributed by atoms with Gasteiger partial charge in [0.25, 0.3) is 0 Å². The largest absolute Gasteiger partial charge is 0.416 e. The molecule has 0 aromatic heterocycles. The Morgan fingerprint density at radius 2 is 2.06 bits per heavy atom. The number of hydrogen-bond acceptors (Lipinski definition) is 2. The summed E-state index contributed by atoms with van der Waals surface area (Å²) in [6.45, 7) is -0.154. The average Bonchev–Trinajstić information content (AvgIpc) is 2.24. The van der Waals surface area contributed by atoms with Crippen molar-refractivity contribution in [2.75, 3.05) is 6.61 Å². The molecule has 0 fully saturated rings. The van der Waals surface area contributed by atoms with Crippen LogP contribution in [-0.2, 0) is 6.18 Å². The van der Waals surface area contributed by atoms with Gasteiger partial charge in [0.2, 0.25) is 5.91 Å². The second kappa shape index (κ2) is 5.18. The standard InChI is InChI=1S/C11H11F3NO2/c12-11(13,14)8-4-3-7(2-1-5-16)9(6-8)10(15)17/h2-4,6,16H,1,5H2,(H2,15,17). The van der Waals surface area contributed by atoms with Gasteiger partial charge in [0.05, 0.1) is 5.56 Å². The first-order valence-electron chi connectivity index (χ1n) is 4.81. The number of primary amides is 1. The molecular weight excluding hydrogens is 235 g/mol. The Morgan fingerprint density at radius 3 is 2.53 bits per heavy atom. The van der Waals surface area contributed by atoms with Gasteiger partial charge in [-0.3, -0.25) is 4.79 Å². The molecule has 17 heavy (non-hydrogen) atoms. The molecule has 0 spiro atoms. The molecule has 1 radical (unpaired) electrons. The smallest absolute Gasteiger partial charge is 0.396 e. The lowest BCUT2D eigenvalue weighted by molar-refractivity contribution is -0.137. The van der Waals surface area contributed by atoms with Crippen LogP contribution in [0.15, 0.2) is 18.2 Å². The fourth-order valence-corrected chi connectivity index (χ4v) is 1.34. The van der Waals surface area contributed by atoms with Crippen molar-refractivity contribution in [2.24, 2.45) is 5.73 Å². The molecule has 0 unspecified atom stereocenters. The summed E-state index contributed by atoms with van der Waals surface area (Å²) in [4.78, 5) is 11.0. The van der Waals surface area contributed by atoms with E-state index in [2.05, 4.69) is 0 Å². The number of halogens is 3. The molecule has 0 aliphatic heterocycles. The summed E-state index contributed by atoms with van der Waals surface area (Å²) in [5.41, 5.74) is 4.18. The molecule has 3 nitrogen and oxygen atoms in total. The van der Waals surface area contributed by atoms with Crippen LogP contribution in [0.2, 0.25) is 0 Å². The minimum Gasteiger partial charge on any atom is -0.396 e. The summed E-state index contributed by atoms with van der Waals surface area (Å²) in [7, 11) is 0. The monoisotopic (exact) mass is 246 g/mol. The number of rotatable bonds is 4. The summed E-state index contributed by atoms with van der Waals surface area (Å²) in [5, 5.41) is 8.61. The van der Waals surface area contributed by atoms with Crippen molar-refractivity contribution >= 4 is 5.91 Å². The Hall–Kier alpha value is -1.56. The number of benzene rings is 1. The number of amides is 1. The second-order valence-electron chi connectivity index (χ2n) is 3.38. The molecule has 1 aromatic carbocycles. The molecule has 0 heterocycles. The normalized spacial score (nSPS) is 11.5. The van der Waals surface area contributed by atoms with Gasteiger partial charge in [-0.25, -0.2) is 0 Å². The number of alkyl halides is 3. The fraction of sp³-hybridized carbons (Fsp3) is 0.273. The zero-order chi connectivity index (χ0) is 13.1. The number of aliphatic hydroxyl groups is 1. The van der Waals surface area contributed by atoms with Gasteiger partial charge in [-0.1, -0.05) is 6.07 Å². The molecule has 0 bridgehead atoms. The minimum absolute atomic E-state index is 0.154. The van der Waals surface area contributed by atoms with E-state index in [4.69, 9.17) is 10.8 Å². The molecular formula is C11H11F3NO2. The summed E-state index contributed by atoms with van der Waals surface area (Å²) in [6, 6.07) is 2.75. The molecule has 6 heteroatoms. The Balaban J connectivity index is 3.13. The highest BCUT2D eigenvalue weighted by Crippen LogP contribution is 2.30. The maximum absolute atomic E-state index is 12.4. The molecule has 1 amide bonds. The SMILES string of the molecule is NC(=O)c1cc(C(F)(F)F)ccc1[CH]CCO. The molecule has 1 rings (SSSR count). The highest BCUT2D eigenvalue weighted by atomic mass is 19.4. The first-order chi connectivity index (χ1) is 7.86. The van der Waals surface area contributed by atoms with Crippen molar-refractivity contribution in [1.82, 2.24) is 0 Å². The quantitative estimate of drug-likeness (QED) is 0.849. The number of nitrogens with two attached hydrogens (primary N) is 1. The van der Waals surface area contributed by atoms with E-state index >= 15 is 0 Å². The Labute approximate surface area is 96.0 Å². The highest BCUT2D eigenvalue weighted by Gasteiger charge is 2.31. The van der Waals surface area contributed by atoms with Gasteiger partial charge in [-0.15, -0.1) is 0 Å². The van der Waals surface area contributed by atoms with Crippen LogP contribution in [0, 0.1) is 6.42 Å². The second-order valence-corrected chi connectivity index (χ2v) is 3.38. The number of hydrogen-bond donors (Lipinski definition) is 2. The van der Waals surface area contributed by atoms with Crippen LogP contribution in [0.1, 0.15) is 27.9 Å². The van der Waals surface area contributed by atoms with Gasteiger partial charge >= 0.3 is 6.18 Å². The predicted octanol–water partition coefficient (Wildman–Crippen LogP) is 1.74. The lowest BCUT2D eigenvalue weighted by Gasteiger charge is -2.11. The zero-order valence-electron chi connectivity index (χ0n) is 8.79. The summed E-state index contributed by atoms with van der Waals surface area (Å²) in [6.07, 6.45) is -2.81. The molecule has 0 saturated heterocycles. The van der Waals surface area contributed by atoms with Crippen LogP contribution >= 0.6 is 0 Å². The summed E-state index contributed by atoms with van der Waals surface area (Å²) < 4.78 is 37.2. The van der Waals surface area contributed by atoms with E-state index in [0.717, 1.165) is 6.07 Å². The predicted molar refractivity (Wildman–Crippen MR) is 55.1 cm³/mol. The van der Waals surface area contributed by atoms with E-state index in [0.29, 0.717) is 11.6 Å². The molecule has 93 valence electrons. The molecule has 0 aliphatic rings. The first kappa shape index (κ1) is 13.5. The van der Waals surface area contributed by atoms with Gasteiger partial charge in [-0.2, -0.15) is 13.2 Å². The van der Waals surface area contributed by atoms with Crippen molar-refractivity contribution < 1.29 is 23.1 Å². The lowest BCUT2D eigenvalue weighted by Crippen LogP contribution is -2.16. The minimum atomic E-state index is -4.51. The van der Waals surface area contributed by atoms with Crippen molar-refractivity contribution in [1.29, 1.82) is 0 Å². The van der Waals surface area contributed by atoms with E-state index in [-0.39, 0.29) is 18.6 Å².